The first-order valence-corrected chi connectivity index (χ1v) is 8.96. The fraction of sp³-hybridized carbons (Fsp3) is 0.143. The van der Waals surface area contributed by atoms with E-state index in [1.54, 1.807) is 0 Å². The van der Waals surface area contributed by atoms with E-state index in [2.05, 4.69) is 41.5 Å². The molecular formula is C21H20N2OS. The van der Waals surface area contributed by atoms with Crippen molar-refractivity contribution >= 4 is 28.5 Å². The highest BCUT2D eigenvalue weighted by Gasteiger charge is 2.05. The van der Waals surface area contributed by atoms with Crippen molar-refractivity contribution in [2.75, 3.05) is 5.32 Å². The van der Waals surface area contributed by atoms with Gasteiger partial charge < -0.3 is 0 Å². The van der Waals surface area contributed by atoms with E-state index in [1.807, 2.05) is 43.5 Å². The Morgan fingerprint density at radius 3 is 2.68 bits per heavy atom. The summed E-state index contributed by atoms with van der Waals surface area (Å²) in [5.74, 6) is -0.169. The minimum atomic E-state index is -0.169. The largest absolute Gasteiger partial charge is 0.298 e. The van der Waals surface area contributed by atoms with Gasteiger partial charge >= 0.3 is 0 Å². The van der Waals surface area contributed by atoms with Crippen LogP contribution in [0.3, 0.4) is 0 Å². The van der Waals surface area contributed by atoms with Gasteiger partial charge in [-0.3, -0.25) is 10.1 Å². The lowest BCUT2D eigenvalue weighted by Gasteiger charge is -1.99. The van der Waals surface area contributed by atoms with Crippen molar-refractivity contribution in [3.8, 4) is 0 Å². The maximum Gasteiger partial charge on any atom is 0.250 e. The average molecular weight is 348 g/mol. The number of nitrogens with one attached hydrogen (secondary N) is 1. The van der Waals surface area contributed by atoms with Gasteiger partial charge in [0, 0.05) is 23.6 Å². The molecule has 0 bridgehead atoms. The van der Waals surface area contributed by atoms with Gasteiger partial charge in [-0.05, 0) is 31.1 Å². The average Bonchev–Trinajstić information content (AvgIpc) is 3.02. The molecule has 1 aromatic heterocycles. The van der Waals surface area contributed by atoms with Crippen molar-refractivity contribution in [1.29, 1.82) is 0 Å². The number of amides is 1. The van der Waals surface area contributed by atoms with E-state index < -0.39 is 0 Å². The quantitative estimate of drug-likeness (QED) is 0.659. The Morgan fingerprint density at radius 2 is 1.92 bits per heavy atom. The molecule has 1 N–H and O–H groups in total. The van der Waals surface area contributed by atoms with Gasteiger partial charge in [0.2, 0.25) is 5.91 Å². The molecule has 0 radical (unpaired) electrons. The number of anilines is 1. The van der Waals surface area contributed by atoms with Gasteiger partial charge in [0.1, 0.15) is 0 Å². The Bertz CT molecular complexity index is 894. The molecule has 0 aliphatic carbocycles. The van der Waals surface area contributed by atoms with E-state index in [4.69, 9.17) is 0 Å². The van der Waals surface area contributed by atoms with Gasteiger partial charge in [0.05, 0.1) is 0 Å². The molecule has 25 heavy (non-hydrogen) atoms. The lowest BCUT2D eigenvalue weighted by atomic mass is 10.1. The van der Waals surface area contributed by atoms with E-state index in [0.29, 0.717) is 5.13 Å². The van der Waals surface area contributed by atoms with Crippen LogP contribution in [0.25, 0.3) is 6.08 Å². The summed E-state index contributed by atoms with van der Waals surface area (Å²) in [6, 6.07) is 16.5. The van der Waals surface area contributed by atoms with Gasteiger partial charge in [-0.2, -0.15) is 0 Å². The van der Waals surface area contributed by atoms with Crippen molar-refractivity contribution in [2.45, 2.75) is 20.3 Å². The van der Waals surface area contributed by atoms with Gasteiger partial charge in [0.15, 0.2) is 5.13 Å². The number of carbonyl (C=O) groups excluding carboxylic acids is 1. The molecular weight excluding hydrogens is 328 g/mol. The molecule has 0 saturated carbocycles. The number of aromatic nitrogens is 1. The minimum Gasteiger partial charge on any atom is -0.298 e. The predicted molar refractivity (Wildman–Crippen MR) is 105 cm³/mol. The number of benzene rings is 2. The first kappa shape index (κ1) is 17.1. The number of aryl methyl sites for hydroxylation is 2. The van der Waals surface area contributed by atoms with Crippen LogP contribution in [0.2, 0.25) is 0 Å². The number of hydrogen-bond donors (Lipinski definition) is 1. The van der Waals surface area contributed by atoms with Crippen molar-refractivity contribution < 1.29 is 4.79 Å². The third-order valence-electron chi connectivity index (χ3n) is 3.75. The molecule has 126 valence electrons. The Morgan fingerprint density at radius 1 is 1.12 bits per heavy atom. The smallest absolute Gasteiger partial charge is 0.250 e. The van der Waals surface area contributed by atoms with Crippen LogP contribution in [0.15, 0.2) is 60.8 Å². The summed E-state index contributed by atoms with van der Waals surface area (Å²) in [7, 11) is 0. The summed E-state index contributed by atoms with van der Waals surface area (Å²) < 4.78 is 0. The third kappa shape index (κ3) is 5.13. The maximum atomic E-state index is 12.0. The van der Waals surface area contributed by atoms with Crippen LogP contribution in [0.1, 0.15) is 27.1 Å². The summed E-state index contributed by atoms with van der Waals surface area (Å²) in [5.41, 5.74) is 4.67. The molecule has 0 atom stereocenters. The number of thiazole rings is 1. The van der Waals surface area contributed by atoms with Crippen LogP contribution in [-0.2, 0) is 11.2 Å². The zero-order chi connectivity index (χ0) is 17.6. The van der Waals surface area contributed by atoms with Crippen LogP contribution in [-0.4, -0.2) is 10.9 Å². The van der Waals surface area contributed by atoms with E-state index in [-0.39, 0.29) is 5.91 Å². The number of carbonyl (C=O) groups is 1. The zero-order valence-corrected chi connectivity index (χ0v) is 15.1. The highest BCUT2D eigenvalue weighted by molar-refractivity contribution is 7.15. The number of hydrogen-bond acceptors (Lipinski definition) is 3. The van der Waals surface area contributed by atoms with Crippen molar-refractivity contribution in [1.82, 2.24) is 4.98 Å². The van der Waals surface area contributed by atoms with Crippen LogP contribution in [0.4, 0.5) is 5.13 Å². The van der Waals surface area contributed by atoms with Crippen LogP contribution in [0, 0.1) is 13.8 Å². The summed E-state index contributed by atoms with van der Waals surface area (Å²) in [6.07, 6.45) is 6.00. The summed E-state index contributed by atoms with van der Waals surface area (Å²) >= 11 is 1.51. The molecule has 4 heteroatoms. The molecule has 3 nitrogen and oxygen atoms in total. The molecule has 0 aliphatic rings. The molecule has 0 saturated heterocycles. The SMILES string of the molecule is Cc1ccc(Cc2cnc(NC(=O)/C=C/c3cccc(C)c3)s2)cc1. The second kappa shape index (κ2) is 7.90. The summed E-state index contributed by atoms with van der Waals surface area (Å²) in [6.45, 7) is 4.11. The van der Waals surface area contributed by atoms with Crippen LogP contribution in [0.5, 0.6) is 0 Å². The number of nitrogens with zero attached hydrogens (tertiary/aromatic N) is 1. The first-order chi connectivity index (χ1) is 12.1. The fourth-order valence-electron chi connectivity index (χ4n) is 2.45. The second-order valence-electron chi connectivity index (χ2n) is 6.03. The third-order valence-corrected chi connectivity index (χ3v) is 4.66. The lowest BCUT2D eigenvalue weighted by molar-refractivity contribution is -0.111. The van der Waals surface area contributed by atoms with E-state index >= 15 is 0 Å². The molecule has 1 amide bonds. The van der Waals surface area contributed by atoms with E-state index in [1.165, 1.54) is 34.1 Å². The number of rotatable bonds is 5. The van der Waals surface area contributed by atoms with Gasteiger partial charge in [0.25, 0.3) is 0 Å². The predicted octanol–water partition coefficient (Wildman–Crippen LogP) is 5.00. The normalized spacial score (nSPS) is 11.0. The fourth-order valence-corrected chi connectivity index (χ4v) is 3.30. The van der Waals surface area contributed by atoms with Crippen molar-refractivity contribution in [3.63, 3.8) is 0 Å². The molecule has 2 aromatic carbocycles. The zero-order valence-electron chi connectivity index (χ0n) is 14.3. The van der Waals surface area contributed by atoms with Crippen LogP contribution < -0.4 is 5.32 Å². The molecule has 0 aliphatic heterocycles. The van der Waals surface area contributed by atoms with E-state index in [9.17, 15) is 4.79 Å². The first-order valence-electron chi connectivity index (χ1n) is 8.14. The highest BCUT2D eigenvalue weighted by Crippen LogP contribution is 2.21. The van der Waals surface area contributed by atoms with Gasteiger partial charge in [-0.25, -0.2) is 4.98 Å². The Kier molecular flexibility index (Phi) is 5.41. The minimum absolute atomic E-state index is 0.169. The Balaban J connectivity index is 1.59. The van der Waals surface area contributed by atoms with Crippen LogP contribution >= 0.6 is 11.3 Å². The van der Waals surface area contributed by atoms with Gasteiger partial charge in [-0.15, -0.1) is 11.3 Å². The monoisotopic (exact) mass is 348 g/mol. The van der Waals surface area contributed by atoms with Gasteiger partial charge in [-0.1, -0.05) is 59.7 Å². The molecule has 3 aromatic rings. The summed E-state index contributed by atoms with van der Waals surface area (Å²) in [4.78, 5) is 17.5. The molecule has 0 unspecified atom stereocenters. The second-order valence-corrected chi connectivity index (χ2v) is 7.15. The van der Waals surface area contributed by atoms with Crippen molar-refractivity contribution in [2.24, 2.45) is 0 Å². The molecule has 0 spiro atoms. The van der Waals surface area contributed by atoms with Crippen molar-refractivity contribution in [3.05, 3.63) is 87.9 Å². The standard InChI is InChI=1S/C21H20N2OS/c1-15-6-8-18(9-7-15)13-19-14-22-21(25-19)23-20(24)11-10-17-5-3-4-16(2)12-17/h3-12,14H,13H2,1-2H3,(H,22,23,24)/b11-10+. The summed E-state index contributed by atoms with van der Waals surface area (Å²) in [5, 5.41) is 3.45. The molecule has 1 heterocycles. The highest BCUT2D eigenvalue weighted by atomic mass is 32.1. The Labute approximate surface area is 152 Å². The molecule has 3 rings (SSSR count). The topological polar surface area (TPSA) is 42.0 Å². The molecule has 0 fully saturated rings. The van der Waals surface area contributed by atoms with E-state index in [0.717, 1.165) is 16.9 Å². The lowest BCUT2D eigenvalue weighted by Crippen LogP contribution is -2.07. The maximum absolute atomic E-state index is 12.0. The Hall–Kier alpha value is -2.72.